The molecule has 3 rings (SSSR count). The quantitative estimate of drug-likeness (QED) is 0.709. The van der Waals surface area contributed by atoms with Crippen LogP contribution in [0.4, 0.5) is 0 Å². The molecule has 0 amide bonds. The van der Waals surface area contributed by atoms with Gasteiger partial charge >= 0.3 is 0 Å². The molecule has 79 valence electrons. The van der Waals surface area contributed by atoms with Crippen LogP contribution in [-0.2, 0) is 6.54 Å². The Balaban J connectivity index is 1.73. The summed E-state index contributed by atoms with van der Waals surface area (Å²) in [5, 5.41) is 0. The van der Waals surface area contributed by atoms with Gasteiger partial charge in [-0.1, -0.05) is 30.3 Å². The predicted molar refractivity (Wildman–Crippen MR) is 62.3 cm³/mol. The Morgan fingerprint density at radius 2 is 1.67 bits per heavy atom. The Morgan fingerprint density at radius 3 is 2.33 bits per heavy atom. The van der Waals surface area contributed by atoms with Crippen molar-refractivity contribution in [2.45, 2.75) is 44.3 Å². The standard InChI is InChI=1S/C14H18N/c1-2-5-12(6-3-1)11-15-13-7-4-8-14(15)10-9-13/h1-6,13-14H,7-11H2. The average Bonchev–Trinajstić information content (AvgIpc) is 2.53. The van der Waals surface area contributed by atoms with E-state index in [0.717, 1.165) is 18.6 Å². The third-order valence-electron chi connectivity index (χ3n) is 3.86. The van der Waals surface area contributed by atoms with Crippen molar-refractivity contribution >= 4 is 0 Å². The van der Waals surface area contributed by atoms with Gasteiger partial charge in [0.15, 0.2) is 0 Å². The van der Waals surface area contributed by atoms with Crippen molar-refractivity contribution < 1.29 is 0 Å². The zero-order chi connectivity index (χ0) is 10.1. The molecule has 2 fully saturated rings. The average molecular weight is 200 g/mol. The highest BCUT2D eigenvalue weighted by molar-refractivity contribution is 5.15. The molecular formula is C14H18N. The van der Waals surface area contributed by atoms with Crippen LogP contribution in [0.5, 0.6) is 0 Å². The zero-order valence-electron chi connectivity index (χ0n) is 9.10. The lowest BCUT2D eigenvalue weighted by atomic mass is 10.0. The van der Waals surface area contributed by atoms with Gasteiger partial charge in [-0.05, 0) is 37.7 Å². The number of hydrogen-bond acceptors (Lipinski definition) is 1. The lowest BCUT2D eigenvalue weighted by molar-refractivity contribution is 0.155. The molecule has 2 aliphatic heterocycles. The van der Waals surface area contributed by atoms with Crippen molar-refractivity contribution in [2.24, 2.45) is 0 Å². The maximum Gasteiger partial charge on any atom is 0.0239 e. The summed E-state index contributed by atoms with van der Waals surface area (Å²) >= 11 is 0. The van der Waals surface area contributed by atoms with Gasteiger partial charge in [0.05, 0.1) is 0 Å². The first-order chi connectivity index (χ1) is 7.43. The van der Waals surface area contributed by atoms with Crippen LogP contribution in [0.3, 0.4) is 0 Å². The molecule has 0 N–H and O–H groups in total. The molecule has 2 unspecified atom stereocenters. The number of nitrogens with zero attached hydrogens (tertiary/aromatic N) is 1. The van der Waals surface area contributed by atoms with Crippen LogP contribution in [0.1, 0.15) is 31.2 Å². The Labute approximate surface area is 92.1 Å². The van der Waals surface area contributed by atoms with Crippen LogP contribution >= 0.6 is 0 Å². The van der Waals surface area contributed by atoms with Crippen LogP contribution in [0.2, 0.25) is 0 Å². The molecule has 0 aromatic heterocycles. The van der Waals surface area contributed by atoms with Gasteiger partial charge in [0.1, 0.15) is 0 Å². The molecule has 1 nitrogen and oxygen atoms in total. The van der Waals surface area contributed by atoms with Crippen molar-refractivity contribution in [1.29, 1.82) is 0 Å². The van der Waals surface area contributed by atoms with Gasteiger partial charge in [0, 0.05) is 18.6 Å². The molecule has 0 aliphatic carbocycles. The van der Waals surface area contributed by atoms with Crippen LogP contribution < -0.4 is 0 Å². The van der Waals surface area contributed by atoms with E-state index in [2.05, 4.69) is 41.7 Å². The van der Waals surface area contributed by atoms with Gasteiger partial charge in [0.2, 0.25) is 0 Å². The van der Waals surface area contributed by atoms with Crippen LogP contribution in [0.15, 0.2) is 30.3 Å². The highest BCUT2D eigenvalue weighted by Gasteiger charge is 2.35. The van der Waals surface area contributed by atoms with Gasteiger partial charge in [-0.2, -0.15) is 0 Å². The fourth-order valence-corrected chi connectivity index (χ4v) is 3.05. The Hall–Kier alpha value is -0.820. The first kappa shape index (κ1) is 9.41. The summed E-state index contributed by atoms with van der Waals surface area (Å²) in [6.45, 7) is 1.16. The Morgan fingerprint density at radius 1 is 1.00 bits per heavy atom. The molecule has 2 atom stereocenters. The largest absolute Gasteiger partial charge is 0.293 e. The third kappa shape index (κ3) is 1.81. The summed E-state index contributed by atoms with van der Waals surface area (Å²) in [6, 6.07) is 12.6. The summed E-state index contributed by atoms with van der Waals surface area (Å²) in [4.78, 5) is 2.72. The minimum atomic E-state index is 0.837. The minimum absolute atomic E-state index is 0.837. The van der Waals surface area contributed by atoms with E-state index < -0.39 is 0 Å². The Kier molecular flexibility index (Phi) is 2.49. The molecule has 0 saturated carbocycles. The second kappa shape index (κ2) is 3.97. The fraction of sp³-hybridized carbons (Fsp3) is 0.500. The van der Waals surface area contributed by atoms with E-state index in [0.29, 0.717) is 0 Å². The molecule has 15 heavy (non-hydrogen) atoms. The van der Waals surface area contributed by atoms with E-state index in [1.165, 1.54) is 31.2 Å². The van der Waals surface area contributed by atoms with Crippen molar-refractivity contribution in [3.63, 3.8) is 0 Å². The molecule has 1 radical (unpaired) electrons. The molecule has 0 spiro atoms. The highest BCUT2D eigenvalue weighted by Crippen LogP contribution is 2.35. The zero-order valence-corrected chi connectivity index (χ0v) is 9.10. The SMILES string of the molecule is [CH]1CC2CCC(C1)N2Cc1ccccc1. The number of fused-ring (bicyclic) bond motifs is 2. The van der Waals surface area contributed by atoms with Crippen molar-refractivity contribution in [3.05, 3.63) is 42.3 Å². The van der Waals surface area contributed by atoms with Gasteiger partial charge in [0.25, 0.3) is 0 Å². The molecular weight excluding hydrogens is 182 g/mol. The number of benzene rings is 1. The van der Waals surface area contributed by atoms with E-state index in [4.69, 9.17) is 0 Å². The molecule has 1 aromatic rings. The monoisotopic (exact) mass is 200 g/mol. The fourth-order valence-electron chi connectivity index (χ4n) is 3.05. The maximum atomic E-state index is 2.72. The summed E-state index contributed by atoms with van der Waals surface area (Å²) < 4.78 is 0. The van der Waals surface area contributed by atoms with Gasteiger partial charge in [-0.15, -0.1) is 0 Å². The van der Waals surface area contributed by atoms with E-state index in [-0.39, 0.29) is 0 Å². The normalized spacial score (nSPS) is 30.7. The second-order valence-electron chi connectivity index (χ2n) is 4.80. The number of hydrogen-bond donors (Lipinski definition) is 0. The first-order valence-electron chi connectivity index (χ1n) is 6.05. The maximum absolute atomic E-state index is 2.72. The summed E-state index contributed by atoms with van der Waals surface area (Å²) in [7, 11) is 0. The Bertz CT molecular complexity index is 303. The lowest BCUT2D eigenvalue weighted by Crippen LogP contribution is -2.39. The topological polar surface area (TPSA) is 3.24 Å². The van der Waals surface area contributed by atoms with Gasteiger partial charge in [-0.25, -0.2) is 0 Å². The van der Waals surface area contributed by atoms with Crippen LogP contribution in [-0.4, -0.2) is 17.0 Å². The van der Waals surface area contributed by atoms with Crippen LogP contribution in [0.25, 0.3) is 0 Å². The third-order valence-corrected chi connectivity index (χ3v) is 3.86. The van der Waals surface area contributed by atoms with Crippen molar-refractivity contribution in [3.8, 4) is 0 Å². The highest BCUT2D eigenvalue weighted by atomic mass is 15.2. The molecule has 2 saturated heterocycles. The van der Waals surface area contributed by atoms with E-state index in [1.807, 2.05) is 0 Å². The summed E-state index contributed by atoms with van der Waals surface area (Å²) in [5.74, 6) is 0. The first-order valence-corrected chi connectivity index (χ1v) is 6.05. The van der Waals surface area contributed by atoms with E-state index in [9.17, 15) is 0 Å². The van der Waals surface area contributed by atoms with Crippen molar-refractivity contribution in [2.75, 3.05) is 0 Å². The summed E-state index contributed by atoms with van der Waals surface area (Å²) in [6.07, 6.45) is 7.93. The molecule has 2 bridgehead atoms. The van der Waals surface area contributed by atoms with E-state index >= 15 is 0 Å². The summed E-state index contributed by atoms with van der Waals surface area (Å²) in [5.41, 5.74) is 1.47. The molecule has 1 aromatic carbocycles. The van der Waals surface area contributed by atoms with Crippen LogP contribution in [0, 0.1) is 6.42 Å². The minimum Gasteiger partial charge on any atom is -0.293 e. The number of rotatable bonds is 2. The van der Waals surface area contributed by atoms with Gasteiger partial charge < -0.3 is 0 Å². The van der Waals surface area contributed by atoms with Crippen molar-refractivity contribution in [1.82, 2.24) is 4.90 Å². The van der Waals surface area contributed by atoms with E-state index in [1.54, 1.807) is 0 Å². The smallest absolute Gasteiger partial charge is 0.0239 e. The predicted octanol–water partition coefficient (Wildman–Crippen LogP) is 3.02. The molecule has 2 heterocycles. The number of piperidine rings is 1. The molecule has 2 aliphatic rings. The molecule has 1 heteroatoms. The second-order valence-corrected chi connectivity index (χ2v) is 4.80. The van der Waals surface area contributed by atoms with Gasteiger partial charge in [-0.3, -0.25) is 4.90 Å². The lowest BCUT2D eigenvalue weighted by Gasteiger charge is -2.34.